The first-order valence-electron chi connectivity index (χ1n) is 8.84. The van der Waals surface area contributed by atoms with Gasteiger partial charge in [0.15, 0.2) is 0 Å². The topological polar surface area (TPSA) is 44.8 Å². The number of anilines is 1. The number of piperazine rings is 1. The van der Waals surface area contributed by atoms with Crippen molar-refractivity contribution in [3.05, 3.63) is 45.1 Å². The van der Waals surface area contributed by atoms with E-state index in [1.807, 2.05) is 31.2 Å². The maximum atomic E-state index is 12.4. The summed E-state index contributed by atoms with van der Waals surface area (Å²) in [4.78, 5) is 18.4. The van der Waals surface area contributed by atoms with E-state index >= 15 is 0 Å². The molecule has 0 unspecified atom stereocenters. The quantitative estimate of drug-likeness (QED) is 0.717. The molecule has 5 nitrogen and oxygen atoms in total. The third kappa shape index (κ3) is 5.54. The Hall–Kier alpha value is -1.41. The zero-order valence-corrected chi connectivity index (χ0v) is 17.3. The summed E-state index contributed by atoms with van der Waals surface area (Å²) >= 11 is 5.30. The van der Waals surface area contributed by atoms with Crippen molar-refractivity contribution in [3.8, 4) is 5.75 Å². The highest BCUT2D eigenvalue weighted by Crippen LogP contribution is 2.24. The first kappa shape index (κ1) is 19.4. The van der Waals surface area contributed by atoms with Crippen molar-refractivity contribution in [3.63, 3.8) is 0 Å². The molecular weight excluding hydrogens is 414 g/mol. The zero-order chi connectivity index (χ0) is 18.4. The summed E-state index contributed by atoms with van der Waals surface area (Å²) in [5.41, 5.74) is 0.737. The average Bonchev–Trinajstić information content (AvgIpc) is 3.03. The summed E-state index contributed by atoms with van der Waals surface area (Å²) in [7, 11) is 0. The molecule has 26 heavy (non-hydrogen) atoms. The normalized spacial score (nSPS) is 15.8. The first-order valence-corrected chi connectivity index (χ1v) is 10.5. The number of thiophene rings is 1. The third-order valence-electron chi connectivity index (χ3n) is 4.30. The largest absolute Gasteiger partial charge is 0.492 e. The lowest BCUT2D eigenvalue weighted by molar-refractivity contribution is -0.117. The summed E-state index contributed by atoms with van der Waals surface area (Å²) in [5.74, 6) is 0.725. The lowest BCUT2D eigenvalue weighted by Crippen LogP contribution is -2.48. The highest BCUT2D eigenvalue weighted by Gasteiger charge is 2.20. The van der Waals surface area contributed by atoms with Gasteiger partial charge in [-0.1, -0.05) is 12.1 Å². The minimum atomic E-state index is 0.00721. The van der Waals surface area contributed by atoms with Crippen molar-refractivity contribution in [2.24, 2.45) is 0 Å². The van der Waals surface area contributed by atoms with E-state index in [-0.39, 0.29) is 5.91 Å². The van der Waals surface area contributed by atoms with Crippen LogP contribution in [0, 0.1) is 0 Å². The van der Waals surface area contributed by atoms with E-state index in [0.29, 0.717) is 13.2 Å². The van der Waals surface area contributed by atoms with Crippen molar-refractivity contribution in [2.45, 2.75) is 13.5 Å². The van der Waals surface area contributed by atoms with Gasteiger partial charge in [0.1, 0.15) is 5.75 Å². The molecule has 0 spiro atoms. The van der Waals surface area contributed by atoms with Crippen molar-refractivity contribution < 1.29 is 9.53 Å². The molecule has 140 valence electrons. The highest BCUT2D eigenvalue weighted by molar-refractivity contribution is 9.11. The molecule has 1 N–H and O–H groups in total. The van der Waals surface area contributed by atoms with Gasteiger partial charge in [-0.3, -0.25) is 14.6 Å². The number of hydrogen-bond donors (Lipinski definition) is 1. The Kier molecular flexibility index (Phi) is 7.07. The van der Waals surface area contributed by atoms with Crippen LogP contribution in [0.4, 0.5) is 5.69 Å². The second kappa shape index (κ2) is 9.50. The summed E-state index contributed by atoms with van der Waals surface area (Å²) < 4.78 is 6.74. The number of carbonyl (C=O) groups is 1. The molecule has 1 aromatic carbocycles. The van der Waals surface area contributed by atoms with Crippen LogP contribution in [0.5, 0.6) is 5.75 Å². The van der Waals surface area contributed by atoms with Gasteiger partial charge < -0.3 is 10.1 Å². The number of hydrogen-bond acceptors (Lipinski definition) is 5. The molecule has 0 radical (unpaired) electrons. The summed E-state index contributed by atoms with van der Waals surface area (Å²) in [6.45, 7) is 7.70. The number of benzene rings is 1. The molecule has 7 heteroatoms. The summed E-state index contributed by atoms with van der Waals surface area (Å²) in [6.07, 6.45) is 0. The first-order chi connectivity index (χ1) is 12.6. The molecule has 2 heterocycles. The molecule has 2 aromatic rings. The molecule has 1 aliphatic rings. The van der Waals surface area contributed by atoms with Gasteiger partial charge in [0, 0.05) is 37.6 Å². The molecule has 0 bridgehead atoms. The van der Waals surface area contributed by atoms with E-state index in [9.17, 15) is 4.79 Å². The van der Waals surface area contributed by atoms with Gasteiger partial charge in [-0.05, 0) is 47.1 Å². The highest BCUT2D eigenvalue weighted by atomic mass is 79.9. The smallest absolute Gasteiger partial charge is 0.238 e. The number of rotatable bonds is 7. The van der Waals surface area contributed by atoms with Crippen LogP contribution in [0.2, 0.25) is 0 Å². The SMILES string of the molecule is CCOc1ccccc1NC(=O)CN1CCN(Cc2ccc(Br)s2)CC1. The predicted molar refractivity (Wildman–Crippen MR) is 110 cm³/mol. The van der Waals surface area contributed by atoms with E-state index < -0.39 is 0 Å². The maximum Gasteiger partial charge on any atom is 0.238 e. The van der Waals surface area contributed by atoms with E-state index in [1.54, 1.807) is 11.3 Å². The molecule has 1 saturated heterocycles. The summed E-state index contributed by atoms with van der Waals surface area (Å²) in [5, 5.41) is 2.97. The third-order valence-corrected chi connectivity index (χ3v) is 5.91. The summed E-state index contributed by atoms with van der Waals surface area (Å²) in [6, 6.07) is 11.8. The molecule has 1 amide bonds. The Morgan fingerprint density at radius 3 is 2.58 bits per heavy atom. The maximum absolute atomic E-state index is 12.4. The lowest BCUT2D eigenvalue weighted by atomic mass is 10.2. The van der Waals surface area contributed by atoms with Crippen molar-refractivity contribution in [1.82, 2.24) is 9.80 Å². The van der Waals surface area contributed by atoms with E-state index in [1.165, 1.54) is 8.66 Å². The molecule has 0 aliphatic carbocycles. The van der Waals surface area contributed by atoms with Gasteiger partial charge in [0.05, 0.1) is 22.6 Å². The Morgan fingerprint density at radius 2 is 1.88 bits per heavy atom. The van der Waals surface area contributed by atoms with Gasteiger partial charge in [-0.25, -0.2) is 0 Å². The molecule has 1 fully saturated rings. The van der Waals surface area contributed by atoms with Gasteiger partial charge in [0.25, 0.3) is 0 Å². The van der Waals surface area contributed by atoms with Crippen LogP contribution in [0.25, 0.3) is 0 Å². The van der Waals surface area contributed by atoms with Gasteiger partial charge in [-0.15, -0.1) is 11.3 Å². The van der Waals surface area contributed by atoms with Crippen LogP contribution in [-0.4, -0.2) is 55.0 Å². The second-order valence-corrected chi connectivity index (χ2v) is 8.78. The van der Waals surface area contributed by atoms with Crippen LogP contribution in [-0.2, 0) is 11.3 Å². The number of nitrogens with zero attached hydrogens (tertiary/aromatic N) is 2. The average molecular weight is 438 g/mol. The number of amides is 1. The standard InChI is InChI=1S/C19H24BrN3O2S/c1-2-25-17-6-4-3-5-16(17)21-19(24)14-23-11-9-22(10-12-23)13-15-7-8-18(20)26-15/h3-8H,2,9-14H2,1H3,(H,21,24). The number of carbonyl (C=O) groups excluding carboxylic acids is 1. The van der Waals surface area contributed by atoms with E-state index in [0.717, 1.165) is 44.2 Å². The molecule has 0 atom stereocenters. The van der Waals surface area contributed by atoms with Gasteiger partial charge in [-0.2, -0.15) is 0 Å². The van der Waals surface area contributed by atoms with Gasteiger partial charge in [0.2, 0.25) is 5.91 Å². The predicted octanol–water partition coefficient (Wildman–Crippen LogP) is 3.67. The molecule has 3 rings (SSSR count). The molecular formula is C19H24BrN3O2S. The lowest BCUT2D eigenvalue weighted by Gasteiger charge is -2.34. The number of para-hydroxylation sites is 2. The van der Waals surface area contributed by atoms with Crippen LogP contribution in [0.1, 0.15) is 11.8 Å². The van der Waals surface area contributed by atoms with Crippen LogP contribution in [0.15, 0.2) is 40.2 Å². The fourth-order valence-electron chi connectivity index (χ4n) is 3.01. The van der Waals surface area contributed by atoms with Crippen LogP contribution in [0.3, 0.4) is 0 Å². The Bertz CT molecular complexity index is 729. The fraction of sp³-hybridized carbons (Fsp3) is 0.421. The minimum absolute atomic E-state index is 0.00721. The second-order valence-electron chi connectivity index (χ2n) is 6.24. The van der Waals surface area contributed by atoms with Crippen LogP contribution >= 0.6 is 27.3 Å². The molecule has 1 aliphatic heterocycles. The number of halogens is 1. The minimum Gasteiger partial charge on any atom is -0.492 e. The zero-order valence-electron chi connectivity index (χ0n) is 14.9. The Morgan fingerprint density at radius 1 is 1.15 bits per heavy atom. The number of nitrogens with one attached hydrogen (secondary N) is 1. The molecule has 1 aromatic heterocycles. The Labute approximate surface area is 167 Å². The molecule has 0 saturated carbocycles. The van der Waals surface area contributed by atoms with E-state index in [4.69, 9.17) is 4.74 Å². The van der Waals surface area contributed by atoms with Gasteiger partial charge >= 0.3 is 0 Å². The van der Waals surface area contributed by atoms with E-state index in [2.05, 4.69) is 43.2 Å². The monoisotopic (exact) mass is 437 g/mol. The van der Waals surface area contributed by atoms with Crippen molar-refractivity contribution in [1.29, 1.82) is 0 Å². The van der Waals surface area contributed by atoms with Crippen molar-refractivity contribution in [2.75, 3.05) is 44.6 Å². The fourth-order valence-corrected chi connectivity index (χ4v) is 4.53. The number of ether oxygens (including phenoxy) is 1. The Balaban J connectivity index is 1.45. The van der Waals surface area contributed by atoms with Crippen molar-refractivity contribution >= 4 is 38.9 Å². The van der Waals surface area contributed by atoms with Crippen LogP contribution < -0.4 is 10.1 Å².